The second-order valence-electron chi connectivity index (χ2n) is 4.83. The van der Waals surface area contributed by atoms with Crippen molar-refractivity contribution in [1.29, 1.82) is 0 Å². The molecule has 1 aliphatic heterocycles. The largest absolute Gasteiger partial charge is 0.486 e. The van der Waals surface area contributed by atoms with E-state index in [0.29, 0.717) is 18.1 Å². The molecule has 0 saturated heterocycles. The van der Waals surface area contributed by atoms with E-state index < -0.39 is 5.82 Å². The lowest BCUT2D eigenvalue weighted by atomic mass is 10.2. The number of carbonyl (C=O) groups is 1. The van der Waals surface area contributed by atoms with Crippen LogP contribution in [-0.4, -0.2) is 25.2 Å². The standard InChI is InChI=1S/C16H13ClFNO3/c17-13-7-10(18)5-6-12(13)16(20)19-8-11-9-21-14-3-1-2-4-15(14)22-11/h1-7,11H,8-9H2,(H,19,20)/t11-/m0/s1. The number of hydrogen-bond donors (Lipinski definition) is 1. The monoisotopic (exact) mass is 321 g/mol. The van der Waals surface area contributed by atoms with E-state index in [1.165, 1.54) is 12.1 Å². The third-order valence-electron chi connectivity index (χ3n) is 3.23. The van der Waals surface area contributed by atoms with Crippen molar-refractivity contribution in [3.05, 3.63) is 58.9 Å². The van der Waals surface area contributed by atoms with Crippen LogP contribution in [0.1, 0.15) is 10.4 Å². The van der Waals surface area contributed by atoms with Crippen LogP contribution in [-0.2, 0) is 0 Å². The third-order valence-corrected chi connectivity index (χ3v) is 3.55. The van der Waals surface area contributed by atoms with Gasteiger partial charge in [-0.3, -0.25) is 4.79 Å². The molecule has 0 fully saturated rings. The van der Waals surface area contributed by atoms with Crippen LogP contribution in [0.5, 0.6) is 11.5 Å². The Balaban J connectivity index is 1.60. The van der Waals surface area contributed by atoms with Crippen molar-refractivity contribution < 1.29 is 18.7 Å². The third kappa shape index (κ3) is 3.14. The van der Waals surface area contributed by atoms with Gasteiger partial charge in [0.05, 0.1) is 17.1 Å². The SMILES string of the molecule is O=C(NC[C@H]1COc2ccccc2O1)c1ccc(F)cc1Cl. The van der Waals surface area contributed by atoms with Crippen LogP contribution in [0.15, 0.2) is 42.5 Å². The van der Waals surface area contributed by atoms with E-state index in [2.05, 4.69) is 5.32 Å². The predicted molar refractivity (Wildman–Crippen MR) is 80.1 cm³/mol. The van der Waals surface area contributed by atoms with Crippen LogP contribution in [0.4, 0.5) is 4.39 Å². The van der Waals surface area contributed by atoms with Gasteiger partial charge in [0.2, 0.25) is 0 Å². The minimum atomic E-state index is -0.484. The second-order valence-corrected chi connectivity index (χ2v) is 5.24. The molecule has 4 nitrogen and oxygen atoms in total. The number of rotatable bonds is 3. The molecule has 2 aromatic rings. The number of ether oxygens (including phenoxy) is 2. The molecule has 22 heavy (non-hydrogen) atoms. The number of amides is 1. The van der Waals surface area contributed by atoms with E-state index in [9.17, 15) is 9.18 Å². The smallest absolute Gasteiger partial charge is 0.252 e. The van der Waals surface area contributed by atoms with Crippen molar-refractivity contribution in [1.82, 2.24) is 5.32 Å². The normalized spacial score (nSPS) is 16.2. The Bertz CT molecular complexity index is 708. The number of nitrogens with one attached hydrogen (secondary N) is 1. The molecule has 0 saturated carbocycles. The molecule has 0 bridgehead atoms. The molecule has 0 aromatic heterocycles. The van der Waals surface area contributed by atoms with Gasteiger partial charge in [-0.15, -0.1) is 0 Å². The molecule has 2 aromatic carbocycles. The van der Waals surface area contributed by atoms with Gasteiger partial charge in [-0.2, -0.15) is 0 Å². The van der Waals surface area contributed by atoms with E-state index >= 15 is 0 Å². The molecule has 6 heteroatoms. The first-order chi connectivity index (χ1) is 10.6. The molecule has 3 rings (SSSR count). The van der Waals surface area contributed by atoms with Gasteiger partial charge >= 0.3 is 0 Å². The molecule has 0 unspecified atom stereocenters. The van der Waals surface area contributed by atoms with E-state index in [1.807, 2.05) is 18.2 Å². The highest BCUT2D eigenvalue weighted by atomic mass is 35.5. The fourth-order valence-corrected chi connectivity index (χ4v) is 2.39. The molecule has 1 heterocycles. The van der Waals surface area contributed by atoms with Crippen LogP contribution in [0.25, 0.3) is 0 Å². The maximum atomic E-state index is 13.0. The van der Waals surface area contributed by atoms with Crippen LogP contribution in [0.2, 0.25) is 5.02 Å². The van der Waals surface area contributed by atoms with Crippen molar-refractivity contribution in [2.24, 2.45) is 0 Å². The number of carbonyl (C=O) groups excluding carboxylic acids is 1. The van der Waals surface area contributed by atoms with Crippen molar-refractivity contribution >= 4 is 17.5 Å². The summed E-state index contributed by atoms with van der Waals surface area (Å²) in [5, 5.41) is 2.78. The van der Waals surface area contributed by atoms with Gasteiger partial charge in [0.1, 0.15) is 18.5 Å². The van der Waals surface area contributed by atoms with Gasteiger partial charge < -0.3 is 14.8 Å². The highest BCUT2D eigenvalue weighted by Crippen LogP contribution is 2.30. The van der Waals surface area contributed by atoms with E-state index in [4.69, 9.17) is 21.1 Å². The van der Waals surface area contributed by atoms with Crippen LogP contribution in [0.3, 0.4) is 0 Å². The van der Waals surface area contributed by atoms with Crippen LogP contribution in [0, 0.1) is 5.82 Å². The molecule has 0 spiro atoms. The summed E-state index contributed by atoms with van der Waals surface area (Å²) in [5.74, 6) is 0.467. The summed E-state index contributed by atoms with van der Waals surface area (Å²) in [6.45, 7) is 0.606. The molecule has 1 amide bonds. The maximum Gasteiger partial charge on any atom is 0.252 e. The zero-order chi connectivity index (χ0) is 15.5. The van der Waals surface area contributed by atoms with Gasteiger partial charge in [0.25, 0.3) is 5.91 Å². The Morgan fingerprint density at radius 2 is 2.05 bits per heavy atom. The van der Waals surface area contributed by atoms with Crippen molar-refractivity contribution in [2.75, 3.05) is 13.2 Å². The fraction of sp³-hybridized carbons (Fsp3) is 0.188. The van der Waals surface area contributed by atoms with Gasteiger partial charge in [0.15, 0.2) is 11.5 Å². The van der Waals surface area contributed by atoms with Crippen LogP contribution >= 0.6 is 11.6 Å². The maximum absolute atomic E-state index is 13.0. The first kappa shape index (κ1) is 14.7. The molecule has 114 valence electrons. The number of para-hydroxylation sites is 2. The van der Waals surface area contributed by atoms with Crippen LogP contribution < -0.4 is 14.8 Å². The number of fused-ring (bicyclic) bond motifs is 1. The molecule has 0 aliphatic carbocycles. The Kier molecular flexibility index (Phi) is 4.15. The summed E-state index contributed by atoms with van der Waals surface area (Å²) in [6, 6.07) is 11.0. The first-order valence-electron chi connectivity index (χ1n) is 6.75. The van der Waals surface area contributed by atoms with Gasteiger partial charge in [-0.25, -0.2) is 4.39 Å². The summed E-state index contributed by atoms with van der Waals surface area (Å²) in [7, 11) is 0. The summed E-state index contributed by atoms with van der Waals surface area (Å²) in [5.41, 5.74) is 0.222. The average molecular weight is 322 g/mol. The van der Waals surface area contributed by atoms with Gasteiger partial charge in [-0.05, 0) is 30.3 Å². The number of halogens is 2. The van der Waals surface area contributed by atoms with E-state index in [0.717, 1.165) is 6.07 Å². The Labute approximate surface area is 131 Å². The number of benzene rings is 2. The molecule has 1 N–H and O–H groups in total. The molecular formula is C16H13ClFNO3. The first-order valence-corrected chi connectivity index (χ1v) is 7.13. The fourth-order valence-electron chi connectivity index (χ4n) is 2.14. The van der Waals surface area contributed by atoms with E-state index in [-0.39, 0.29) is 29.1 Å². The summed E-state index contributed by atoms with van der Waals surface area (Å²) < 4.78 is 24.3. The lowest BCUT2D eigenvalue weighted by molar-refractivity contribution is 0.0789. The minimum absolute atomic E-state index is 0.0728. The Hall–Kier alpha value is -2.27. The zero-order valence-electron chi connectivity index (χ0n) is 11.5. The molecular weight excluding hydrogens is 309 g/mol. The predicted octanol–water partition coefficient (Wildman–Crippen LogP) is 3.05. The Morgan fingerprint density at radius 1 is 1.27 bits per heavy atom. The summed E-state index contributed by atoms with van der Waals surface area (Å²) in [4.78, 5) is 12.1. The average Bonchev–Trinajstić information content (AvgIpc) is 2.52. The van der Waals surface area contributed by atoms with Crippen molar-refractivity contribution in [3.8, 4) is 11.5 Å². The lowest BCUT2D eigenvalue weighted by Crippen LogP contribution is -2.40. The molecule has 1 atom stereocenters. The highest BCUT2D eigenvalue weighted by molar-refractivity contribution is 6.33. The highest BCUT2D eigenvalue weighted by Gasteiger charge is 2.21. The van der Waals surface area contributed by atoms with Gasteiger partial charge in [-0.1, -0.05) is 23.7 Å². The quantitative estimate of drug-likeness (QED) is 0.945. The van der Waals surface area contributed by atoms with E-state index in [1.54, 1.807) is 6.07 Å². The topological polar surface area (TPSA) is 47.6 Å². The number of hydrogen-bond acceptors (Lipinski definition) is 3. The summed E-state index contributed by atoms with van der Waals surface area (Å²) >= 11 is 5.86. The molecule has 1 aliphatic rings. The Morgan fingerprint density at radius 3 is 2.82 bits per heavy atom. The lowest BCUT2D eigenvalue weighted by Gasteiger charge is -2.26. The minimum Gasteiger partial charge on any atom is -0.486 e. The second kappa shape index (κ2) is 6.23. The summed E-state index contributed by atoms with van der Waals surface area (Å²) in [6.07, 6.45) is -0.293. The van der Waals surface area contributed by atoms with Crippen molar-refractivity contribution in [2.45, 2.75) is 6.10 Å². The van der Waals surface area contributed by atoms with Gasteiger partial charge in [0, 0.05) is 0 Å². The zero-order valence-corrected chi connectivity index (χ0v) is 12.3. The molecule has 0 radical (unpaired) electrons. The van der Waals surface area contributed by atoms with Crippen molar-refractivity contribution in [3.63, 3.8) is 0 Å².